The predicted octanol–water partition coefficient (Wildman–Crippen LogP) is 2.54. The molecule has 0 bridgehead atoms. The van der Waals surface area contributed by atoms with E-state index in [4.69, 9.17) is 0 Å². The number of amides is 1. The minimum atomic E-state index is -0.206. The van der Waals surface area contributed by atoms with Gasteiger partial charge < -0.3 is 10.6 Å². The van der Waals surface area contributed by atoms with Crippen molar-refractivity contribution in [3.63, 3.8) is 0 Å². The van der Waals surface area contributed by atoms with Crippen molar-refractivity contribution in [3.05, 3.63) is 35.6 Å². The maximum atomic E-state index is 13.0. The highest BCUT2D eigenvalue weighted by atomic mass is 35.5. The summed E-state index contributed by atoms with van der Waals surface area (Å²) in [6, 6.07) is 6.70. The molecule has 5 heteroatoms. The molecule has 1 aliphatic carbocycles. The number of halogens is 2. The maximum Gasteiger partial charge on any atom is 0.237 e. The van der Waals surface area contributed by atoms with Gasteiger partial charge in [0.05, 0.1) is 6.04 Å². The van der Waals surface area contributed by atoms with Crippen LogP contribution in [0.1, 0.15) is 37.7 Å². The fourth-order valence-electron chi connectivity index (χ4n) is 3.26. The van der Waals surface area contributed by atoms with E-state index in [0.717, 1.165) is 37.8 Å². The third kappa shape index (κ3) is 3.38. The summed E-state index contributed by atoms with van der Waals surface area (Å²) in [6.45, 7) is 1.59. The van der Waals surface area contributed by atoms with Crippen molar-refractivity contribution < 1.29 is 9.18 Å². The van der Waals surface area contributed by atoms with Crippen LogP contribution in [0.25, 0.3) is 0 Å². The number of carbonyl (C=O) groups is 1. The predicted molar refractivity (Wildman–Crippen MR) is 83.2 cm³/mol. The lowest BCUT2D eigenvalue weighted by Crippen LogP contribution is -2.49. The molecule has 1 saturated carbocycles. The zero-order valence-electron chi connectivity index (χ0n) is 12.0. The molecule has 1 saturated heterocycles. The second-order valence-electron chi connectivity index (χ2n) is 6.01. The minimum Gasteiger partial charge on any atom is -0.354 e. The molecular weight excluding hydrogens is 291 g/mol. The molecule has 1 unspecified atom stereocenters. The van der Waals surface area contributed by atoms with Gasteiger partial charge in [-0.3, -0.25) is 4.79 Å². The molecule has 3 nitrogen and oxygen atoms in total. The van der Waals surface area contributed by atoms with Gasteiger partial charge in [0.15, 0.2) is 0 Å². The molecule has 1 aromatic rings. The molecule has 116 valence electrons. The Hall–Kier alpha value is -1.13. The van der Waals surface area contributed by atoms with Crippen LogP contribution < -0.4 is 10.6 Å². The van der Waals surface area contributed by atoms with Crippen molar-refractivity contribution in [2.24, 2.45) is 0 Å². The summed E-state index contributed by atoms with van der Waals surface area (Å²) in [5, 5.41) is 6.30. The van der Waals surface area contributed by atoms with Gasteiger partial charge in [-0.15, -0.1) is 12.4 Å². The first-order valence-corrected chi connectivity index (χ1v) is 7.47. The maximum absolute atomic E-state index is 13.0. The lowest BCUT2D eigenvalue weighted by Gasteiger charge is -2.42. The zero-order valence-corrected chi connectivity index (χ0v) is 12.8. The first kappa shape index (κ1) is 16.2. The first-order chi connectivity index (χ1) is 9.70. The van der Waals surface area contributed by atoms with Gasteiger partial charge in [0.1, 0.15) is 5.82 Å². The van der Waals surface area contributed by atoms with Crippen LogP contribution in [0.2, 0.25) is 0 Å². The SMILES string of the molecule is Cl.O=C(NCC1(c2ccc(F)cc2)CCC1)C1CCCN1. The summed E-state index contributed by atoms with van der Waals surface area (Å²) in [4.78, 5) is 12.1. The van der Waals surface area contributed by atoms with E-state index < -0.39 is 0 Å². The highest BCUT2D eigenvalue weighted by Crippen LogP contribution is 2.43. The van der Waals surface area contributed by atoms with Gasteiger partial charge >= 0.3 is 0 Å². The lowest BCUT2D eigenvalue weighted by molar-refractivity contribution is -0.123. The number of benzene rings is 1. The number of carbonyl (C=O) groups excluding carboxylic acids is 1. The van der Waals surface area contributed by atoms with Crippen LogP contribution in [0, 0.1) is 5.82 Å². The minimum absolute atomic E-state index is 0. The number of hydrogen-bond acceptors (Lipinski definition) is 2. The third-order valence-electron chi connectivity index (χ3n) is 4.75. The van der Waals surface area contributed by atoms with Crippen LogP contribution in [-0.2, 0) is 10.2 Å². The zero-order chi connectivity index (χ0) is 14.0. The molecule has 1 amide bonds. The summed E-state index contributed by atoms with van der Waals surface area (Å²) in [5.74, 6) is -0.0988. The van der Waals surface area contributed by atoms with Crippen molar-refractivity contribution in [1.82, 2.24) is 10.6 Å². The second-order valence-corrected chi connectivity index (χ2v) is 6.01. The topological polar surface area (TPSA) is 41.1 Å². The first-order valence-electron chi connectivity index (χ1n) is 7.47. The van der Waals surface area contributed by atoms with Crippen LogP contribution in [0.5, 0.6) is 0 Å². The summed E-state index contributed by atoms with van der Waals surface area (Å²) in [5.41, 5.74) is 1.16. The third-order valence-corrected chi connectivity index (χ3v) is 4.75. The fraction of sp³-hybridized carbons (Fsp3) is 0.562. The molecule has 2 aliphatic rings. The van der Waals surface area contributed by atoms with Crippen LogP contribution in [0.3, 0.4) is 0 Å². The van der Waals surface area contributed by atoms with Crippen molar-refractivity contribution in [1.29, 1.82) is 0 Å². The Morgan fingerprint density at radius 2 is 2.00 bits per heavy atom. The van der Waals surface area contributed by atoms with E-state index in [0.29, 0.717) is 6.54 Å². The Balaban J connectivity index is 0.00000161. The van der Waals surface area contributed by atoms with Crippen LogP contribution in [0.15, 0.2) is 24.3 Å². The molecule has 3 rings (SSSR count). The molecule has 1 atom stereocenters. The normalized spacial score (nSPS) is 23.0. The second kappa shape index (κ2) is 6.75. The Labute approximate surface area is 131 Å². The summed E-state index contributed by atoms with van der Waals surface area (Å²) >= 11 is 0. The van der Waals surface area contributed by atoms with E-state index in [-0.39, 0.29) is 35.6 Å². The molecule has 0 aromatic heterocycles. The van der Waals surface area contributed by atoms with Crippen molar-refractivity contribution in [3.8, 4) is 0 Å². The van der Waals surface area contributed by atoms with E-state index in [2.05, 4.69) is 10.6 Å². The molecule has 2 fully saturated rings. The molecule has 0 spiro atoms. The van der Waals surface area contributed by atoms with Gasteiger partial charge in [-0.2, -0.15) is 0 Å². The summed E-state index contributed by atoms with van der Waals surface area (Å²) in [6.07, 6.45) is 5.31. The molecule has 2 N–H and O–H groups in total. The summed E-state index contributed by atoms with van der Waals surface area (Å²) in [7, 11) is 0. The van der Waals surface area contributed by atoms with Crippen LogP contribution >= 0.6 is 12.4 Å². The Morgan fingerprint density at radius 3 is 2.52 bits per heavy atom. The monoisotopic (exact) mass is 312 g/mol. The van der Waals surface area contributed by atoms with Crippen molar-refractivity contribution >= 4 is 18.3 Å². The Morgan fingerprint density at radius 1 is 1.29 bits per heavy atom. The van der Waals surface area contributed by atoms with Gasteiger partial charge in [-0.25, -0.2) is 4.39 Å². The number of hydrogen-bond donors (Lipinski definition) is 2. The number of nitrogens with one attached hydrogen (secondary N) is 2. The van der Waals surface area contributed by atoms with Gasteiger partial charge in [-0.1, -0.05) is 18.6 Å². The highest BCUT2D eigenvalue weighted by Gasteiger charge is 2.39. The number of rotatable bonds is 4. The Bertz CT molecular complexity index is 482. The Kier molecular flexibility index (Phi) is 5.22. The van der Waals surface area contributed by atoms with Crippen LogP contribution in [-0.4, -0.2) is 25.0 Å². The highest BCUT2D eigenvalue weighted by molar-refractivity contribution is 5.85. The van der Waals surface area contributed by atoms with E-state index in [1.165, 1.54) is 18.6 Å². The van der Waals surface area contributed by atoms with E-state index in [1.807, 2.05) is 12.1 Å². The fourth-order valence-corrected chi connectivity index (χ4v) is 3.26. The van der Waals surface area contributed by atoms with Gasteiger partial charge in [0.2, 0.25) is 5.91 Å². The largest absolute Gasteiger partial charge is 0.354 e. The molecular formula is C16H22ClFN2O. The van der Waals surface area contributed by atoms with Gasteiger partial charge in [0, 0.05) is 12.0 Å². The average molecular weight is 313 g/mol. The quantitative estimate of drug-likeness (QED) is 0.897. The van der Waals surface area contributed by atoms with Crippen molar-refractivity contribution in [2.75, 3.05) is 13.1 Å². The molecule has 1 aliphatic heterocycles. The van der Waals surface area contributed by atoms with Crippen LogP contribution in [0.4, 0.5) is 4.39 Å². The van der Waals surface area contributed by atoms with E-state index in [1.54, 1.807) is 0 Å². The molecule has 1 heterocycles. The lowest BCUT2D eigenvalue weighted by atomic mass is 9.64. The van der Waals surface area contributed by atoms with Crippen molar-refractivity contribution in [2.45, 2.75) is 43.6 Å². The smallest absolute Gasteiger partial charge is 0.237 e. The molecule has 1 aromatic carbocycles. The van der Waals surface area contributed by atoms with Gasteiger partial charge in [0.25, 0.3) is 0 Å². The standard InChI is InChI=1S/C16H21FN2O.ClH/c17-13-6-4-12(5-7-13)16(8-2-9-16)11-19-15(20)14-3-1-10-18-14;/h4-7,14,18H,1-3,8-11H2,(H,19,20);1H. The van der Waals surface area contributed by atoms with E-state index in [9.17, 15) is 9.18 Å². The average Bonchev–Trinajstić information content (AvgIpc) is 2.93. The molecule has 0 radical (unpaired) electrons. The summed E-state index contributed by atoms with van der Waals surface area (Å²) < 4.78 is 13.0. The van der Waals surface area contributed by atoms with E-state index >= 15 is 0 Å². The van der Waals surface area contributed by atoms with Gasteiger partial charge in [-0.05, 0) is 49.9 Å². The molecule has 21 heavy (non-hydrogen) atoms.